The van der Waals surface area contributed by atoms with E-state index in [1.165, 1.54) is 10.8 Å². The van der Waals surface area contributed by atoms with Gasteiger partial charge >= 0.3 is 5.69 Å². The van der Waals surface area contributed by atoms with Crippen molar-refractivity contribution in [2.45, 2.75) is 18.9 Å². The molecular formula is C21H19N5O3. The summed E-state index contributed by atoms with van der Waals surface area (Å²) in [6.45, 7) is 0.983. The average molecular weight is 389 g/mol. The van der Waals surface area contributed by atoms with E-state index in [1.807, 2.05) is 30.5 Å². The zero-order chi connectivity index (χ0) is 20.0. The number of nitrogens with zero attached hydrogens (tertiary/aromatic N) is 3. The van der Waals surface area contributed by atoms with E-state index in [0.29, 0.717) is 42.5 Å². The van der Waals surface area contributed by atoms with Crippen molar-refractivity contribution in [3.05, 3.63) is 75.2 Å². The summed E-state index contributed by atoms with van der Waals surface area (Å²) < 4.78 is 1.28. The standard InChI is InChI=1S/C21H19N5O3/c27-19(14-3-4-17-13(12-14)5-9-22-17)25-10-6-15(7-11-25)26-20(28)16-2-1-8-23-18(16)24-21(26)29/h1-5,8-9,12,15,22H,6-7,10-11H2,(H,23,24,29). The summed E-state index contributed by atoms with van der Waals surface area (Å²) >= 11 is 0. The van der Waals surface area contributed by atoms with Gasteiger partial charge in [0.05, 0.1) is 5.39 Å². The van der Waals surface area contributed by atoms with Crippen LogP contribution in [0.15, 0.2) is 58.4 Å². The lowest BCUT2D eigenvalue weighted by atomic mass is 10.0. The van der Waals surface area contributed by atoms with Crippen molar-refractivity contribution in [2.75, 3.05) is 13.1 Å². The number of aromatic amines is 2. The van der Waals surface area contributed by atoms with Crippen molar-refractivity contribution in [2.24, 2.45) is 0 Å². The third-order valence-corrected chi connectivity index (χ3v) is 5.62. The number of carbonyl (C=O) groups is 1. The summed E-state index contributed by atoms with van der Waals surface area (Å²) in [6.07, 6.45) is 4.48. The van der Waals surface area contributed by atoms with Gasteiger partial charge in [0.1, 0.15) is 5.65 Å². The first-order valence-electron chi connectivity index (χ1n) is 9.58. The molecule has 0 radical (unpaired) electrons. The Morgan fingerprint density at radius 1 is 1.10 bits per heavy atom. The molecule has 0 unspecified atom stereocenters. The van der Waals surface area contributed by atoms with Crippen LogP contribution in [0.25, 0.3) is 21.9 Å². The number of hydrogen-bond acceptors (Lipinski definition) is 4. The number of rotatable bonds is 2. The highest BCUT2D eigenvalue weighted by molar-refractivity contribution is 5.98. The Morgan fingerprint density at radius 2 is 1.93 bits per heavy atom. The third-order valence-electron chi connectivity index (χ3n) is 5.62. The monoisotopic (exact) mass is 389 g/mol. The highest BCUT2D eigenvalue weighted by Gasteiger charge is 2.27. The fourth-order valence-electron chi connectivity index (χ4n) is 4.09. The van der Waals surface area contributed by atoms with Crippen molar-refractivity contribution in [1.29, 1.82) is 0 Å². The number of H-pyrrole nitrogens is 2. The predicted molar refractivity (Wildman–Crippen MR) is 109 cm³/mol. The van der Waals surface area contributed by atoms with Gasteiger partial charge in [-0.25, -0.2) is 9.78 Å². The molecule has 0 aliphatic carbocycles. The SMILES string of the molecule is O=C(c1ccc2[nH]ccc2c1)N1CCC(n2c(=O)[nH]c3ncccc3c2=O)CC1. The molecular weight excluding hydrogens is 370 g/mol. The lowest BCUT2D eigenvalue weighted by molar-refractivity contribution is 0.0692. The molecule has 5 rings (SSSR count). The second-order valence-electron chi connectivity index (χ2n) is 7.31. The quantitative estimate of drug-likeness (QED) is 0.547. The number of amides is 1. The normalized spacial score (nSPS) is 15.2. The highest BCUT2D eigenvalue weighted by Crippen LogP contribution is 2.23. The van der Waals surface area contributed by atoms with Crippen LogP contribution >= 0.6 is 0 Å². The largest absolute Gasteiger partial charge is 0.361 e. The molecule has 1 aliphatic rings. The van der Waals surface area contributed by atoms with Gasteiger partial charge in [0.25, 0.3) is 11.5 Å². The molecule has 1 aliphatic heterocycles. The van der Waals surface area contributed by atoms with Crippen molar-refractivity contribution >= 4 is 27.8 Å². The molecule has 8 heteroatoms. The molecule has 0 spiro atoms. The van der Waals surface area contributed by atoms with Crippen LogP contribution in [0.2, 0.25) is 0 Å². The van der Waals surface area contributed by atoms with Crippen LogP contribution in [0.4, 0.5) is 0 Å². The Balaban J connectivity index is 1.38. The van der Waals surface area contributed by atoms with Crippen LogP contribution in [-0.2, 0) is 0 Å². The van der Waals surface area contributed by atoms with Gasteiger partial charge in [-0.15, -0.1) is 0 Å². The molecule has 4 heterocycles. The topological polar surface area (TPSA) is 104 Å². The predicted octanol–water partition coefficient (Wildman–Crippen LogP) is 2.04. The van der Waals surface area contributed by atoms with Crippen molar-refractivity contribution in [3.8, 4) is 0 Å². The first-order chi connectivity index (χ1) is 14.1. The number of piperidine rings is 1. The summed E-state index contributed by atoms with van der Waals surface area (Å²) in [7, 11) is 0. The molecule has 8 nitrogen and oxygen atoms in total. The van der Waals surface area contributed by atoms with Gasteiger partial charge in [0.2, 0.25) is 0 Å². The minimum atomic E-state index is -0.455. The lowest BCUT2D eigenvalue weighted by Crippen LogP contribution is -2.45. The molecule has 4 aromatic rings. The zero-order valence-electron chi connectivity index (χ0n) is 15.6. The Labute approximate surface area is 164 Å². The molecule has 1 saturated heterocycles. The Bertz CT molecular complexity index is 1340. The fraction of sp³-hybridized carbons (Fsp3) is 0.238. The molecule has 1 aromatic carbocycles. The molecule has 1 amide bonds. The van der Waals surface area contributed by atoms with Crippen LogP contribution in [-0.4, -0.2) is 43.4 Å². The third kappa shape index (κ3) is 2.93. The van der Waals surface area contributed by atoms with Gasteiger partial charge in [0.15, 0.2) is 0 Å². The maximum Gasteiger partial charge on any atom is 0.330 e. The van der Waals surface area contributed by atoms with E-state index in [1.54, 1.807) is 17.0 Å². The maximum atomic E-state index is 12.9. The van der Waals surface area contributed by atoms with E-state index in [2.05, 4.69) is 15.0 Å². The number of nitrogens with one attached hydrogen (secondary N) is 2. The molecule has 0 bridgehead atoms. The lowest BCUT2D eigenvalue weighted by Gasteiger charge is -2.32. The molecule has 0 atom stereocenters. The number of pyridine rings is 1. The number of aromatic nitrogens is 4. The van der Waals surface area contributed by atoms with Gasteiger partial charge in [-0.05, 0) is 49.2 Å². The number of carbonyl (C=O) groups excluding carboxylic acids is 1. The van der Waals surface area contributed by atoms with Gasteiger partial charge in [-0.1, -0.05) is 0 Å². The van der Waals surface area contributed by atoms with Crippen LogP contribution in [0, 0.1) is 0 Å². The first-order valence-corrected chi connectivity index (χ1v) is 9.58. The van der Waals surface area contributed by atoms with E-state index in [0.717, 1.165) is 10.9 Å². The zero-order valence-corrected chi connectivity index (χ0v) is 15.6. The van der Waals surface area contributed by atoms with E-state index in [9.17, 15) is 14.4 Å². The van der Waals surface area contributed by atoms with Crippen molar-refractivity contribution in [3.63, 3.8) is 0 Å². The summed E-state index contributed by atoms with van der Waals surface area (Å²) in [5.74, 6) is -0.0319. The minimum Gasteiger partial charge on any atom is -0.361 e. The van der Waals surface area contributed by atoms with E-state index in [4.69, 9.17) is 0 Å². The molecule has 146 valence electrons. The van der Waals surface area contributed by atoms with Gasteiger partial charge in [-0.3, -0.25) is 19.1 Å². The fourth-order valence-corrected chi connectivity index (χ4v) is 4.09. The number of likely N-dealkylation sites (tertiary alicyclic amines) is 1. The minimum absolute atomic E-state index is 0.0319. The van der Waals surface area contributed by atoms with Gasteiger partial charge in [-0.2, -0.15) is 0 Å². The maximum absolute atomic E-state index is 12.9. The van der Waals surface area contributed by atoms with E-state index < -0.39 is 5.69 Å². The van der Waals surface area contributed by atoms with E-state index >= 15 is 0 Å². The number of hydrogen-bond donors (Lipinski definition) is 2. The Kier molecular flexibility index (Phi) is 4.04. The van der Waals surface area contributed by atoms with Crippen LogP contribution in [0.5, 0.6) is 0 Å². The van der Waals surface area contributed by atoms with E-state index in [-0.39, 0.29) is 17.5 Å². The summed E-state index contributed by atoms with van der Waals surface area (Å²) in [5, 5.41) is 1.39. The van der Waals surface area contributed by atoms with Crippen LogP contribution in [0.3, 0.4) is 0 Å². The average Bonchev–Trinajstić information content (AvgIpc) is 3.22. The summed E-state index contributed by atoms with van der Waals surface area (Å²) in [5.41, 5.74) is 1.14. The van der Waals surface area contributed by atoms with Gasteiger partial charge in [0, 0.05) is 48.0 Å². The highest BCUT2D eigenvalue weighted by atomic mass is 16.2. The van der Waals surface area contributed by atoms with Crippen molar-refractivity contribution < 1.29 is 4.79 Å². The smallest absolute Gasteiger partial charge is 0.330 e. The molecule has 1 fully saturated rings. The molecule has 29 heavy (non-hydrogen) atoms. The summed E-state index contributed by atoms with van der Waals surface area (Å²) in [6, 6.07) is 10.6. The number of benzene rings is 1. The second kappa shape index (κ2) is 6.73. The number of fused-ring (bicyclic) bond motifs is 2. The van der Waals surface area contributed by atoms with Crippen molar-refractivity contribution in [1.82, 2.24) is 24.4 Å². The first kappa shape index (κ1) is 17.4. The molecule has 2 N–H and O–H groups in total. The van der Waals surface area contributed by atoms with Crippen LogP contribution in [0.1, 0.15) is 29.2 Å². The molecule has 0 saturated carbocycles. The summed E-state index contributed by atoms with van der Waals surface area (Å²) in [4.78, 5) is 49.8. The van der Waals surface area contributed by atoms with Gasteiger partial charge < -0.3 is 9.88 Å². The Hall–Kier alpha value is -3.68. The Morgan fingerprint density at radius 3 is 2.76 bits per heavy atom. The van der Waals surface area contributed by atoms with Crippen LogP contribution < -0.4 is 11.2 Å². The second-order valence-corrected chi connectivity index (χ2v) is 7.31. The molecule has 3 aromatic heterocycles.